The van der Waals surface area contributed by atoms with E-state index in [1.807, 2.05) is 42.6 Å². The van der Waals surface area contributed by atoms with Crippen molar-refractivity contribution in [1.82, 2.24) is 10.2 Å². The lowest BCUT2D eigenvalue weighted by molar-refractivity contribution is -0.159. The Hall–Kier alpha value is -3.32. The molecule has 37 heavy (non-hydrogen) atoms. The third kappa shape index (κ3) is 9.92. The molecule has 0 bridgehead atoms. The van der Waals surface area contributed by atoms with Gasteiger partial charge in [-0.05, 0) is 38.9 Å². The highest BCUT2D eigenvalue weighted by Crippen LogP contribution is 2.36. The predicted octanol–water partition coefficient (Wildman–Crippen LogP) is 2.39. The van der Waals surface area contributed by atoms with Crippen LogP contribution in [-0.2, 0) is 23.9 Å². The van der Waals surface area contributed by atoms with Crippen LogP contribution in [0.1, 0.15) is 30.6 Å². The number of nitrogens with zero attached hydrogens (tertiary/aromatic N) is 1. The second-order valence-corrected chi connectivity index (χ2v) is 8.90. The molecule has 3 rings (SSSR count). The third-order valence-corrected chi connectivity index (χ3v) is 6.27. The minimum absolute atomic E-state index is 0.168. The molecule has 2 aromatic rings. The van der Waals surface area contributed by atoms with Gasteiger partial charge in [-0.2, -0.15) is 0 Å². The number of carbonyl (C=O) groups is 4. The molecule has 1 aliphatic heterocycles. The van der Waals surface area contributed by atoms with Crippen LogP contribution >= 0.6 is 11.3 Å². The first kappa shape index (κ1) is 29.9. The van der Waals surface area contributed by atoms with Gasteiger partial charge in [-0.15, -0.1) is 11.3 Å². The summed E-state index contributed by atoms with van der Waals surface area (Å²) in [6.07, 6.45) is 0.961. The summed E-state index contributed by atoms with van der Waals surface area (Å²) in [4.78, 5) is 46.0. The largest absolute Gasteiger partial charge is 0.473 e. The van der Waals surface area contributed by atoms with Gasteiger partial charge < -0.3 is 30.3 Å². The molecule has 202 valence electrons. The summed E-state index contributed by atoms with van der Waals surface area (Å²) in [6.45, 7) is 9.13. The summed E-state index contributed by atoms with van der Waals surface area (Å²) in [7, 11) is 0. The van der Waals surface area contributed by atoms with Crippen molar-refractivity contribution in [3.05, 3.63) is 41.3 Å². The molecular weight excluding hydrogens is 502 g/mol. The monoisotopic (exact) mass is 535 g/mol. The van der Waals surface area contributed by atoms with E-state index in [1.165, 1.54) is 11.3 Å². The number of rotatable bonds is 10. The van der Waals surface area contributed by atoms with Crippen LogP contribution in [0.25, 0.3) is 11.1 Å². The highest BCUT2D eigenvalue weighted by molar-refractivity contribution is 7.15. The van der Waals surface area contributed by atoms with Crippen LogP contribution in [0.3, 0.4) is 0 Å². The summed E-state index contributed by atoms with van der Waals surface area (Å²) in [5, 5.41) is 23.4. The van der Waals surface area contributed by atoms with E-state index in [-0.39, 0.29) is 18.6 Å². The van der Waals surface area contributed by atoms with Crippen molar-refractivity contribution >= 4 is 40.2 Å². The highest BCUT2D eigenvalue weighted by Gasteiger charge is 2.24. The topological polar surface area (TPSA) is 154 Å². The number of aliphatic carboxylic acids is 2. The first-order valence-electron chi connectivity index (χ1n) is 11.9. The molecule has 2 heterocycles. The van der Waals surface area contributed by atoms with E-state index in [0.29, 0.717) is 10.6 Å². The summed E-state index contributed by atoms with van der Waals surface area (Å²) in [6, 6.07) is 9.27. The van der Waals surface area contributed by atoms with Gasteiger partial charge in [0.25, 0.3) is 0 Å². The SMILES string of the molecule is CCOC(=O)c1c(-c2ccccc2)csc1NC(=O)C(C)NCCCN1CCOCC1.O=C(O)C(=O)O. The van der Waals surface area contributed by atoms with E-state index >= 15 is 0 Å². The first-order chi connectivity index (χ1) is 17.7. The number of benzene rings is 1. The van der Waals surface area contributed by atoms with Gasteiger partial charge in [0.2, 0.25) is 5.91 Å². The van der Waals surface area contributed by atoms with Gasteiger partial charge in [-0.25, -0.2) is 14.4 Å². The Morgan fingerprint density at radius 3 is 2.35 bits per heavy atom. The number of anilines is 1. The number of thiophene rings is 1. The normalized spacial score (nSPS) is 14.1. The maximum Gasteiger partial charge on any atom is 0.414 e. The average molecular weight is 536 g/mol. The molecule has 0 saturated carbocycles. The molecule has 11 nitrogen and oxygen atoms in total. The van der Waals surface area contributed by atoms with E-state index in [4.69, 9.17) is 29.3 Å². The van der Waals surface area contributed by atoms with Crippen molar-refractivity contribution in [2.24, 2.45) is 0 Å². The molecule has 1 fully saturated rings. The number of hydrogen-bond acceptors (Lipinski definition) is 9. The Morgan fingerprint density at radius 2 is 1.76 bits per heavy atom. The van der Waals surface area contributed by atoms with Crippen molar-refractivity contribution < 1.29 is 38.9 Å². The smallest absolute Gasteiger partial charge is 0.414 e. The van der Waals surface area contributed by atoms with Gasteiger partial charge in [0, 0.05) is 24.0 Å². The first-order valence-corrected chi connectivity index (χ1v) is 12.8. The molecule has 12 heteroatoms. The molecule has 4 N–H and O–H groups in total. The second-order valence-electron chi connectivity index (χ2n) is 8.02. The summed E-state index contributed by atoms with van der Waals surface area (Å²) in [5.41, 5.74) is 2.09. The maximum absolute atomic E-state index is 12.7. The molecule has 1 aromatic carbocycles. The van der Waals surface area contributed by atoms with Crippen molar-refractivity contribution in [3.63, 3.8) is 0 Å². The van der Waals surface area contributed by atoms with Crippen molar-refractivity contribution in [1.29, 1.82) is 0 Å². The van der Waals surface area contributed by atoms with E-state index in [2.05, 4.69) is 15.5 Å². The van der Waals surface area contributed by atoms with Gasteiger partial charge in [0.1, 0.15) is 10.6 Å². The Labute approximate surface area is 219 Å². The van der Waals surface area contributed by atoms with Crippen LogP contribution < -0.4 is 10.6 Å². The molecule has 1 aromatic heterocycles. The fourth-order valence-electron chi connectivity index (χ4n) is 3.44. The number of amides is 1. The summed E-state index contributed by atoms with van der Waals surface area (Å²) >= 11 is 1.34. The number of esters is 1. The minimum Gasteiger partial charge on any atom is -0.473 e. The fourth-order valence-corrected chi connectivity index (χ4v) is 4.41. The Bertz CT molecular complexity index is 1030. The van der Waals surface area contributed by atoms with Crippen LogP contribution in [0.15, 0.2) is 35.7 Å². The second kappa shape index (κ2) is 15.7. The zero-order chi connectivity index (χ0) is 27.2. The van der Waals surface area contributed by atoms with E-state index < -0.39 is 17.9 Å². The van der Waals surface area contributed by atoms with Crippen molar-refractivity contribution in [2.75, 3.05) is 51.3 Å². The number of ether oxygens (including phenoxy) is 2. The predicted molar refractivity (Wildman–Crippen MR) is 139 cm³/mol. The summed E-state index contributed by atoms with van der Waals surface area (Å²) < 4.78 is 10.6. The quantitative estimate of drug-likeness (QED) is 0.202. The summed E-state index contributed by atoms with van der Waals surface area (Å²) in [5.74, 6) is -4.24. The Balaban J connectivity index is 0.000000717. The number of carboxylic acids is 2. The van der Waals surface area contributed by atoms with Crippen molar-refractivity contribution in [3.8, 4) is 11.1 Å². The lowest BCUT2D eigenvalue weighted by atomic mass is 10.0. The zero-order valence-electron chi connectivity index (χ0n) is 20.9. The molecule has 0 spiro atoms. The van der Waals surface area contributed by atoms with Gasteiger partial charge in [0.05, 0.1) is 25.9 Å². The van der Waals surface area contributed by atoms with Crippen LogP contribution in [0.5, 0.6) is 0 Å². The number of hydrogen-bond donors (Lipinski definition) is 4. The van der Waals surface area contributed by atoms with Crippen LogP contribution in [0.2, 0.25) is 0 Å². The third-order valence-electron chi connectivity index (χ3n) is 5.37. The maximum atomic E-state index is 12.7. The number of nitrogens with one attached hydrogen (secondary N) is 2. The molecule has 1 aliphatic rings. The molecule has 1 unspecified atom stereocenters. The van der Waals surface area contributed by atoms with Gasteiger partial charge in [-0.3, -0.25) is 9.69 Å². The molecule has 0 aliphatic carbocycles. The van der Waals surface area contributed by atoms with Crippen molar-refractivity contribution in [2.45, 2.75) is 26.3 Å². The lowest BCUT2D eigenvalue weighted by Crippen LogP contribution is -2.41. The molecule has 1 saturated heterocycles. The molecule has 1 amide bonds. The zero-order valence-corrected chi connectivity index (χ0v) is 21.7. The molecule has 0 radical (unpaired) electrons. The number of morpholine rings is 1. The minimum atomic E-state index is -1.82. The van der Waals surface area contributed by atoms with Gasteiger partial charge >= 0.3 is 17.9 Å². The van der Waals surface area contributed by atoms with Crippen LogP contribution in [0.4, 0.5) is 5.00 Å². The average Bonchev–Trinajstić information content (AvgIpc) is 3.31. The Morgan fingerprint density at radius 1 is 1.11 bits per heavy atom. The van der Waals surface area contributed by atoms with Crippen LogP contribution in [0, 0.1) is 0 Å². The van der Waals surface area contributed by atoms with E-state index in [1.54, 1.807) is 6.92 Å². The molecular formula is C25H33N3O8S. The van der Waals surface area contributed by atoms with E-state index in [9.17, 15) is 9.59 Å². The Kier molecular flexibility index (Phi) is 12.7. The number of carbonyl (C=O) groups excluding carboxylic acids is 2. The van der Waals surface area contributed by atoms with E-state index in [0.717, 1.165) is 56.9 Å². The lowest BCUT2D eigenvalue weighted by Gasteiger charge is -2.26. The number of carboxylic acid groups (broad SMARTS) is 2. The fraction of sp³-hybridized carbons (Fsp3) is 0.440. The molecule has 1 atom stereocenters. The van der Waals surface area contributed by atoms with Gasteiger partial charge in [0.15, 0.2) is 0 Å². The standard InChI is InChI=1S/C23H31N3O4S.C2H2O4/c1-3-30-23(28)20-19(18-8-5-4-6-9-18)16-31-22(20)25-21(27)17(2)24-10-7-11-26-12-14-29-15-13-26;3-1(4)2(5)6/h4-6,8-9,16-17,24H,3,7,10-15H2,1-2H3,(H,25,27);(H,3,4)(H,5,6). The highest BCUT2D eigenvalue weighted by atomic mass is 32.1. The van der Waals surface area contributed by atoms with Crippen LogP contribution in [-0.4, -0.2) is 91.0 Å². The van der Waals surface area contributed by atoms with Gasteiger partial charge in [-0.1, -0.05) is 30.3 Å².